The maximum atomic E-state index is 6.15. The van der Waals surface area contributed by atoms with Crippen molar-refractivity contribution in [3.63, 3.8) is 0 Å². The number of rotatable bonds is 10. The summed E-state index contributed by atoms with van der Waals surface area (Å²) in [6.07, 6.45) is 12.9. The lowest BCUT2D eigenvalue weighted by molar-refractivity contribution is 0.103. The Balaban J connectivity index is 1.79. The van der Waals surface area contributed by atoms with Gasteiger partial charge in [-0.25, -0.2) is 4.52 Å². The van der Waals surface area contributed by atoms with Crippen LogP contribution in [-0.4, -0.2) is 19.6 Å². The Morgan fingerprint density at radius 2 is 1.78 bits per heavy atom. The molecule has 0 saturated carbocycles. The average molecular weight is 429 g/mol. The number of ether oxygens (including phenoxy) is 1. The van der Waals surface area contributed by atoms with Gasteiger partial charge in [-0.2, -0.15) is 5.10 Å². The molecule has 0 aromatic carbocycles. The van der Waals surface area contributed by atoms with E-state index in [0.29, 0.717) is 13.2 Å². The van der Waals surface area contributed by atoms with Crippen molar-refractivity contribution >= 4 is 5.52 Å². The molecule has 0 spiro atoms. The minimum Gasteiger partial charge on any atom is -0.370 e. The van der Waals surface area contributed by atoms with Gasteiger partial charge in [0.05, 0.1) is 24.4 Å². The van der Waals surface area contributed by atoms with Crippen LogP contribution in [0.5, 0.6) is 0 Å². The SMILES string of the molecule is CCCCCc1c(COCc2ccncc2)nn2c(CC)ccc2c1-c1cncc(C)c1. The van der Waals surface area contributed by atoms with E-state index >= 15 is 0 Å². The first-order chi connectivity index (χ1) is 15.7. The van der Waals surface area contributed by atoms with Crippen molar-refractivity contribution in [1.29, 1.82) is 0 Å². The van der Waals surface area contributed by atoms with Crippen LogP contribution in [0.15, 0.2) is 55.1 Å². The van der Waals surface area contributed by atoms with E-state index < -0.39 is 0 Å². The highest BCUT2D eigenvalue weighted by molar-refractivity contribution is 5.83. The Labute approximate surface area is 190 Å². The molecule has 4 rings (SSSR count). The van der Waals surface area contributed by atoms with Crippen LogP contribution in [0.2, 0.25) is 0 Å². The van der Waals surface area contributed by atoms with Crippen LogP contribution in [0.3, 0.4) is 0 Å². The Kier molecular flexibility index (Phi) is 7.28. The second-order valence-corrected chi connectivity index (χ2v) is 8.33. The number of aryl methyl sites for hydroxylation is 2. The maximum Gasteiger partial charge on any atom is 0.0913 e. The van der Waals surface area contributed by atoms with Crippen molar-refractivity contribution < 1.29 is 4.74 Å². The van der Waals surface area contributed by atoms with Gasteiger partial charge in [-0.3, -0.25) is 9.97 Å². The molecule has 0 amide bonds. The molecule has 4 aromatic heterocycles. The number of nitrogens with zero attached hydrogens (tertiary/aromatic N) is 4. The molecule has 0 bridgehead atoms. The van der Waals surface area contributed by atoms with Crippen molar-refractivity contribution in [3.05, 3.63) is 83.2 Å². The Morgan fingerprint density at radius 1 is 0.938 bits per heavy atom. The number of pyridine rings is 2. The van der Waals surface area contributed by atoms with Gasteiger partial charge < -0.3 is 4.74 Å². The Bertz CT molecular complexity index is 1170. The monoisotopic (exact) mass is 428 g/mol. The molecule has 0 fully saturated rings. The summed E-state index contributed by atoms with van der Waals surface area (Å²) >= 11 is 0. The van der Waals surface area contributed by atoms with Gasteiger partial charge in [-0.15, -0.1) is 0 Å². The zero-order chi connectivity index (χ0) is 22.3. The molecule has 4 heterocycles. The zero-order valence-electron chi connectivity index (χ0n) is 19.3. The number of aromatic nitrogens is 4. The lowest BCUT2D eigenvalue weighted by Gasteiger charge is -2.18. The smallest absolute Gasteiger partial charge is 0.0913 e. The van der Waals surface area contributed by atoms with Gasteiger partial charge in [0.2, 0.25) is 0 Å². The molecule has 0 radical (unpaired) electrons. The third-order valence-corrected chi connectivity index (χ3v) is 5.87. The second-order valence-electron chi connectivity index (χ2n) is 8.33. The molecule has 5 heteroatoms. The van der Waals surface area contributed by atoms with E-state index in [1.807, 2.05) is 24.5 Å². The van der Waals surface area contributed by atoms with Crippen LogP contribution >= 0.6 is 0 Å². The standard InChI is InChI=1S/C27H32N4O/c1-4-6-7-8-24-25(19-32-18-21-11-13-28-14-12-21)30-31-23(5-2)9-10-26(31)27(24)22-15-20(3)16-29-17-22/h9-17H,4-8,18-19H2,1-3H3. The fourth-order valence-corrected chi connectivity index (χ4v) is 4.22. The average Bonchev–Trinajstić information content (AvgIpc) is 3.22. The normalized spacial score (nSPS) is 11.3. The van der Waals surface area contributed by atoms with Crippen molar-refractivity contribution in [2.45, 2.75) is 66.1 Å². The highest BCUT2D eigenvalue weighted by Crippen LogP contribution is 2.33. The highest BCUT2D eigenvalue weighted by Gasteiger charge is 2.19. The third kappa shape index (κ3) is 4.89. The first-order valence-electron chi connectivity index (χ1n) is 11.6. The van der Waals surface area contributed by atoms with Gasteiger partial charge in [0.15, 0.2) is 0 Å². The molecule has 0 saturated heterocycles. The molecule has 0 aliphatic carbocycles. The summed E-state index contributed by atoms with van der Waals surface area (Å²) in [7, 11) is 0. The summed E-state index contributed by atoms with van der Waals surface area (Å²) in [5.41, 5.74) is 9.34. The van der Waals surface area contributed by atoms with E-state index in [9.17, 15) is 0 Å². The summed E-state index contributed by atoms with van der Waals surface area (Å²) in [6, 6.07) is 10.6. The van der Waals surface area contributed by atoms with Crippen molar-refractivity contribution in [1.82, 2.24) is 19.6 Å². The molecule has 5 nitrogen and oxygen atoms in total. The number of fused-ring (bicyclic) bond motifs is 1. The highest BCUT2D eigenvalue weighted by atomic mass is 16.5. The van der Waals surface area contributed by atoms with Crippen molar-refractivity contribution in [2.24, 2.45) is 0 Å². The predicted octanol–water partition coefficient (Wildman–Crippen LogP) is 6.11. The third-order valence-electron chi connectivity index (χ3n) is 5.87. The summed E-state index contributed by atoms with van der Waals surface area (Å²) < 4.78 is 8.25. The molecular weight excluding hydrogens is 396 g/mol. The van der Waals surface area contributed by atoms with Gasteiger partial charge in [0, 0.05) is 41.6 Å². The minimum atomic E-state index is 0.479. The number of hydrogen-bond acceptors (Lipinski definition) is 4. The van der Waals surface area contributed by atoms with Crippen LogP contribution in [0.25, 0.3) is 16.6 Å². The Morgan fingerprint density at radius 3 is 2.53 bits per heavy atom. The molecule has 0 aliphatic rings. The molecule has 166 valence electrons. The quantitative estimate of drug-likeness (QED) is 0.286. The van der Waals surface area contributed by atoms with E-state index in [-0.39, 0.29) is 0 Å². The van der Waals surface area contributed by atoms with Gasteiger partial charge >= 0.3 is 0 Å². The second kappa shape index (κ2) is 10.5. The molecule has 0 aliphatic heterocycles. The van der Waals surface area contributed by atoms with Crippen molar-refractivity contribution in [2.75, 3.05) is 0 Å². The lowest BCUT2D eigenvalue weighted by atomic mass is 9.95. The van der Waals surface area contributed by atoms with Gasteiger partial charge in [-0.1, -0.05) is 26.7 Å². The van der Waals surface area contributed by atoms with Crippen LogP contribution in [0.1, 0.15) is 61.2 Å². The molecule has 4 aromatic rings. The maximum absolute atomic E-state index is 6.15. The summed E-state index contributed by atoms with van der Waals surface area (Å²) in [4.78, 5) is 8.59. The fourth-order valence-electron chi connectivity index (χ4n) is 4.22. The van der Waals surface area contributed by atoms with Crippen molar-refractivity contribution in [3.8, 4) is 11.1 Å². The van der Waals surface area contributed by atoms with Crippen LogP contribution in [-0.2, 0) is 30.8 Å². The molecule has 0 N–H and O–H groups in total. The van der Waals surface area contributed by atoms with Gasteiger partial charge in [0.25, 0.3) is 0 Å². The molecule has 0 unspecified atom stereocenters. The number of hydrogen-bond donors (Lipinski definition) is 0. The molecule has 32 heavy (non-hydrogen) atoms. The van der Waals surface area contributed by atoms with E-state index in [0.717, 1.165) is 47.2 Å². The zero-order valence-corrected chi connectivity index (χ0v) is 19.3. The number of unbranched alkanes of at least 4 members (excludes halogenated alkanes) is 2. The summed E-state index contributed by atoms with van der Waals surface area (Å²) in [5, 5.41) is 5.08. The van der Waals surface area contributed by atoms with Crippen LogP contribution in [0.4, 0.5) is 0 Å². The summed E-state index contributed by atoms with van der Waals surface area (Å²) in [5.74, 6) is 0. The summed E-state index contributed by atoms with van der Waals surface area (Å²) in [6.45, 7) is 7.54. The minimum absolute atomic E-state index is 0.479. The molecular formula is C27H32N4O. The van der Waals surface area contributed by atoms with Crippen LogP contribution < -0.4 is 0 Å². The van der Waals surface area contributed by atoms with E-state index in [1.165, 1.54) is 29.7 Å². The van der Waals surface area contributed by atoms with Gasteiger partial charge in [0.1, 0.15) is 0 Å². The van der Waals surface area contributed by atoms with Gasteiger partial charge in [-0.05, 0) is 73.2 Å². The van der Waals surface area contributed by atoms with Crippen LogP contribution in [0, 0.1) is 6.92 Å². The topological polar surface area (TPSA) is 52.3 Å². The first-order valence-corrected chi connectivity index (χ1v) is 11.6. The predicted molar refractivity (Wildman–Crippen MR) is 128 cm³/mol. The first kappa shape index (κ1) is 22.2. The largest absolute Gasteiger partial charge is 0.370 e. The molecule has 0 atom stereocenters. The van der Waals surface area contributed by atoms with E-state index in [4.69, 9.17) is 9.84 Å². The lowest BCUT2D eigenvalue weighted by Crippen LogP contribution is -2.10. The van der Waals surface area contributed by atoms with E-state index in [1.54, 1.807) is 12.4 Å². The fraction of sp³-hybridized carbons (Fsp3) is 0.370. The Hall–Kier alpha value is -3.05. The van der Waals surface area contributed by atoms with E-state index in [2.05, 4.69) is 53.5 Å².